The van der Waals surface area contributed by atoms with E-state index in [1.165, 1.54) is 12.1 Å². The highest BCUT2D eigenvalue weighted by molar-refractivity contribution is 9.10. The number of anilines is 1. The van der Waals surface area contributed by atoms with Gasteiger partial charge in [-0.15, -0.1) is 0 Å². The lowest BCUT2D eigenvalue weighted by Gasteiger charge is -2.10. The summed E-state index contributed by atoms with van der Waals surface area (Å²) in [5.74, 6) is -1.25. The van der Waals surface area contributed by atoms with E-state index in [-0.39, 0.29) is 5.69 Å². The summed E-state index contributed by atoms with van der Waals surface area (Å²) in [5.41, 5.74) is -1.14. The topological polar surface area (TPSA) is 29.1 Å². The predicted octanol–water partition coefficient (Wildman–Crippen LogP) is 3.51. The Labute approximate surface area is 98.3 Å². The lowest BCUT2D eigenvalue weighted by atomic mass is 10.2. The van der Waals surface area contributed by atoms with Gasteiger partial charge in [0.1, 0.15) is 5.57 Å². The molecular weight excluding hydrogens is 287 g/mol. The Morgan fingerprint density at radius 2 is 1.75 bits per heavy atom. The minimum atomic E-state index is -4.71. The van der Waals surface area contributed by atoms with Crippen molar-refractivity contribution in [1.29, 1.82) is 0 Å². The van der Waals surface area contributed by atoms with Crippen molar-refractivity contribution in [1.82, 2.24) is 0 Å². The van der Waals surface area contributed by atoms with Crippen LogP contribution in [0.3, 0.4) is 0 Å². The molecule has 0 heterocycles. The number of carbonyl (C=O) groups excluding carboxylic acids is 1. The van der Waals surface area contributed by atoms with E-state index in [0.29, 0.717) is 0 Å². The second-order valence-electron chi connectivity index (χ2n) is 2.94. The van der Waals surface area contributed by atoms with Crippen LogP contribution in [0.25, 0.3) is 0 Å². The number of hydrogen-bond acceptors (Lipinski definition) is 1. The fourth-order valence-corrected chi connectivity index (χ4v) is 1.13. The number of rotatable bonds is 2. The molecule has 0 aliphatic heterocycles. The highest BCUT2D eigenvalue weighted by Gasteiger charge is 2.36. The van der Waals surface area contributed by atoms with E-state index in [9.17, 15) is 18.0 Å². The van der Waals surface area contributed by atoms with E-state index in [1.54, 1.807) is 12.1 Å². The Bertz CT molecular complexity index is 411. The Morgan fingerprint density at radius 1 is 1.25 bits per heavy atom. The molecule has 1 amide bonds. The fourth-order valence-electron chi connectivity index (χ4n) is 0.868. The molecule has 0 saturated carbocycles. The smallest absolute Gasteiger partial charge is 0.322 e. The summed E-state index contributed by atoms with van der Waals surface area (Å²) in [5, 5.41) is 2.10. The Kier molecular flexibility index (Phi) is 3.74. The second-order valence-corrected chi connectivity index (χ2v) is 3.85. The minimum Gasteiger partial charge on any atom is -0.322 e. The van der Waals surface area contributed by atoms with Gasteiger partial charge in [-0.3, -0.25) is 4.79 Å². The molecule has 0 spiro atoms. The molecule has 2 nitrogen and oxygen atoms in total. The van der Waals surface area contributed by atoms with Crippen molar-refractivity contribution >= 4 is 27.5 Å². The molecule has 1 rings (SSSR count). The molecule has 0 saturated heterocycles. The normalized spacial score (nSPS) is 11.0. The van der Waals surface area contributed by atoms with Crippen LogP contribution in [0, 0.1) is 0 Å². The zero-order chi connectivity index (χ0) is 12.3. The first-order valence-electron chi connectivity index (χ1n) is 4.13. The van der Waals surface area contributed by atoms with Crippen molar-refractivity contribution in [2.45, 2.75) is 6.18 Å². The second kappa shape index (κ2) is 4.69. The van der Waals surface area contributed by atoms with Gasteiger partial charge in [-0.25, -0.2) is 0 Å². The summed E-state index contributed by atoms with van der Waals surface area (Å²) in [6, 6.07) is 6.16. The van der Waals surface area contributed by atoms with E-state index in [0.717, 1.165) is 4.47 Å². The molecule has 0 aliphatic rings. The van der Waals surface area contributed by atoms with Gasteiger partial charge in [0.2, 0.25) is 0 Å². The Morgan fingerprint density at radius 3 is 2.19 bits per heavy atom. The summed E-state index contributed by atoms with van der Waals surface area (Å²) in [6.07, 6.45) is -4.71. The Hall–Kier alpha value is -1.30. The van der Waals surface area contributed by atoms with E-state index < -0.39 is 17.7 Å². The molecule has 6 heteroatoms. The van der Waals surface area contributed by atoms with Crippen LogP contribution in [0.5, 0.6) is 0 Å². The number of carbonyl (C=O) groups is 1. The van der Waals surface area contributed by atoms with Gasteiger partial charge >= 0.3 is 6.18 Å². The molecule has 0 radical (unpaired) electrons. The van der Waals surface area contributed by atoms with Crippen LogP contribution >= 0.6 is 15.9 Å². The van der Waals surface area contributed by atoms with Crippen LogP contribution in [0.1, 0.15) is 0 Å². The predicted molar refractivity (Wildman–Crippen MR) is 58.0 cm³/mol. The number of alkyl halides is 3. The van der Waals surface area contributed by atoms with Crippen molar-refractivity contribution in [2.75, 3.05) is 5.32 Å². The average Bonchev–Trinajstić information content (AvgIpc) is 2.19. The van der Waals surface area contributed by atoms with Gasteiger partial charge in [0.15, 0.2) is 0 Å². The van der Waals surface area contributed by atoms with Gasteiger partial charge in [-0.2, -0.15) is 13.2 Å². The van der Waals surface area contributed by atoms with Gasteiger partial charge in [0.25, 0.3) is 5.91 Å². The standard InChI is InChI=1S/C10H7BrF3NO/c1-6(10(12,13)14)9(16)15-8-4-2-7(11)3-5-8/h2-5H,1H2,(H,15,16). The van der Waals surface area contributed by atoms with E-state index in [4.69, 9.17) is 0 Å². The van der Waals surface area contributed by atoms with Crippen molar-refractivity contribution in [3.8, 4) is 0 Å². The number of hydrogen-bond donors (Lipinski definition) is 1. The maximum Gasteiger partial charge on any atom is 0.421 e. The molecule has 0 bridgehead atoms. The molecular formula is C10H7BrF3NO. The largest absolute Gasteiger partial charge is 0.421 e. The lowest BCUT2D eigenvalue weighted by molar-refractivity contribution is -0.126. The molecule has 86 valence electrons. The number of halogens is 4. The summed E-state index contributed by atoms with van der Waals surface area (Å²) in [7, 11) is 0. The maximum atomic E-state index is 12.1. The van der Waals surface area contributed by atoms with Crippen molar-refractivity contribution in [3.63, 3.8) is 0 Å². The first-order valence-corrected chi connectivity index (χ1v) is 4.93. The molecule has 1 N–H and O–H groups in total. The molecule has 0 aliphatic carbocycles. The van der Waals surface area contributed by atoms with Crippen LogP contribution < -0.4 is 5.32 Å². The van der Waals surface area contributed by atoms with Gasteiger partial charge < -0.3 is 5.32 Å². The summed E-state index contributed by atoms with van der Waals surface area (Å²) < 4.78 is 37.1. The van der Waals surface area contributed by atoms with E-state index in [2.05, 4.69) is 27.8 Å². The third-order valence-corrected chi connectivity index (χ3v) is 2.25. The van der Waals surface area contributed by atoms with Crippen LogP contribution in [0.2, 0.25) is 0 Å². The molecule has 0 aromatic heterocycles. The van der Waals surface area contributed by atoms with Crippen molar-refractivity contribution in [3.05, 3.63) is 40.9 Å². The average molecular weight is 294 g/mol. The minimum absolute atomic E-state index is 0.276. The van der Waals surface area contributed by atoms with Crippen LogP contribution in [-0.2, 0) is 4.79 Å². The fraction of sp³-hybridized carbons (Fsp3) is 0.100. The van der Waals surface area contributed by atoms with E-state index >= 15 is 0 Å². The molecule has 0 fully saturated rings. The summed E-state index contributed by atoms with van der Waals surface area (Å²) >= 11 is 3.16. The third kappa shape index (κ3) is 3.37. The summed E-state index contributed by atoms with van der Waals surface area (Å²) in [4.78, 5) is 11.1. The van der Waals surface area contributed by atoms with Gasteiger partial charge in [0.05, 0.1) is 0 Å². The first-order chi connectivity index (χ1) is 7.30. The summed E-state index contributed by atoms with van der Waals surface area (Å²) in [6.45, 7) is 2.69. The quantitative estimate of drug-likeness (QED) is 0.831. The van der Waals surface area contributed by atoms with Crippen LogP contribution in [-0.4, -0.2) is 12.1 Å². The van der Waals surface area contributed by atoms with Crippen molar-refractivity contribution < 1.29 is 18.0 Å². The molecule has 1 aromatic rings. The first kappa shape index (κ1) is 12.8. The van der Waals surface area contributed by atoms with Gasteiger partial charge in [0, 0.05) is 10.2 Å². The van der Waals surface area contributed by atoms with Crippen molar-refractivity contribution in [2.24, 2.45) is 0 Å². The monoisotopic (exact) mass is 293 g/mol. The zero-order valence-corrected chi connectivity index (χ0v) is 9.52. The third-order valence-electron chi connectivity index (χ3n) is 1.72. The molecule has 16 heavy (non-hydrogen) atoms. The number of benzene rings is 1. The highest BCUT2D eigenvalue weighted by Crippen LogP contribution is 2.25. The zero-order valence-electron chi connectivity index (χ0n) is 7.94. The number of nitrogens with one attached hydrogen (secondary N) is 1. The SMILES string of the molecule is C=C(C(=O)Nc1ccc(Br)cc1)C(F)(F)F. The van der Waals surface area contributed by atoms with Crippen LogP contribution in [0.4, 0.5) is 18.9 Å². The Balaban J connectivity index is 2.72. The van der Waals surface area contributed by atoms with Crippen LogP contribution in [0.15, 0.2) is 40.9 Å². The highest BCUT2D eigenvalue weighted by atomic mass is 79.9. The number of amides is 1. The maximum absolute atomic E-state index is 12.1. The van der Waals surface area contributed by atoms with Gasteiger partial charge in [-0.05, 0) is 24.3 Å². The molecule has 0 atom stereocenters. The lowest BCUT2D eigenvalue weighted by Crippen LogP contribution is -2.24. The van der Waals surface area contributed by atoms with Gasteiger partial charge in [-0.1, -0.05) is 22.5 Å². The van der Waals surface area contributed by atoms with E-state index in [1.807, 2.05) is 0 Å². The molecule has 1 aromatic carbocycles. The molecule has 0 unspecified atom stereocenters.